The van der Waals surface area contributed by atoms with Crippen LogP contribution in [0.15, 0.2) is 60.0 Å². The van der Waals surface area contributed by atoms with Crippen molar-refractivity contribution in [2.45, 2.75) is 6.42 Å². The van der Waals surface area contributed by atoms with Crippen molar-refractivity contribution in [3.8, 4) is 11.3 Å². The van der Waals surface area contributed by atoms with Gasteiger partial charge in [0.25, 0.3) is 5.91 Å². The topological polar surface area (TPSA) is 36.4 Å². The number of nitrogens with zero attached hydrogens (tertiary/aromatic N) is 3. The highest BCUT2D eigenvalue weighted by atomic mass is 32.1. The Morgan fingerprint density at radius 2 is 1.74 bits per heavy atom. The lowest BCUT2D eigenvalue weighted by Gasteiger charge is -2.21. The molecule has 140 valence electrons. The lowest BCUT2D eigenvalue weighted by molar-refractivity contribution is 0.0982. The molecule has 0 bridgehead atoms. The van der Waals surface area contributed by atoms with E-state index in [0.717, 1.165) is 24.2 Å². The number of carbonyl (C=O) groups is 1. The SMILES string of the molecule is CN(C)CCCN(C(=O)c1ccccc1F)c1nc(-c2ccccc2)cs1. The van der Waals surface area contributed by atoms with Crippen LogP contribution in [0.2, 0.25) is 0 Å². The minimum absolute atomic E-state index is 0.0683. The Kier molecular flexibility index (Phi) is 6.32. The standard InChI is InChI=1S/C21H22FN3OS/c1-24(2)13-8-14-25(20(26)17-11-6-7-12-18(17)22)21-23-19(15-27-21)16-9-4-3-5-10-16/h3-7,9-12,15H,8,13-14H2,1-2H3. The quantitative estimate of drug-likeness (QED) is 0.601. The van der Waals surface area contributed by atoms with Crippen LogP contribution in [0.25, 0.3) is 11.3 Å². The molecule has 0 saturated heterocycles. The van der Waals surface area contributed by atoms with Gasteiger partial charge in [0, 0.05) is 17.5 Å². The second kappa shape index (κ2) is 8.88. The molecule has 1 heterocycles. The monoisotopic (exact) mass is 383 g/mol. The molecule has 0 unspecified atom stereocenters. The predicted octanol–water partition coefficient (Wildman–Crippen LogP) is 4.55. The molecule has 0 aliphatic rings. The van der Waals surface area contributed by atoms with Gasteiger partial charge >= 0.3 is 0 Å². The summed E-state index contributed by atoms with van der Waals surface area (Å²) in [4.78, 5) is 21.3. The van der Waals surface area contributed by atoms with Gasteiger partial charge in [0.2, 0.25) is 0 Å². The van der Waals surface area contributed by atoms with E-state index in [4.69, 9.17) is 0 Å². The smallest absolute Gasteiger partial charge is 0.263 e. The van der Waals surface area contributed by atoms with Crippen molar-refractivity contribution in [3.05, 3.63) is 71.4 Å². The first-order valence-electron chi connectivity index (χ1n) is 8.78. The molecule has 0 saturated carbocycles. The van der Waals surface area contributed by atoms with Crippen molar-refractivity contribution >= 4 is 22.4 Å². The molecule has 4 nitrogen and oxygen atoms in total. The van der Waals surface area contributed by atoms with Crippen molar-refractivity contribution in [2.75, 3.05) is 32.1 Å². The van der Waals surface area contributed by atoms with Crippen LogP contribution in [0.4, 0.5) is 9.52 Å². The van der Waals surface area contributed by atoms with Gasteiger partial charge in [-0.1, -0.05) is 42.5 Å². The Balaban J connectivity index is 1.89. The summed E-state index contributed by atoms with van der Waals surface area (Å²) < 4.78 is 14.2. The number of amides is 1. The van der Waals surface area contributed by atoms with Crippen LogP contribution < -0.4 is 4.90 Å². The lowest BCUT2D eigenvalue weighted by atomic mass is 10.2. The van der Waals surface area contributed by atoms with E-state index in [1.165, 1.54) is 23.5 Å². The molecule has 2 aromatic carbocycles. The van der Waals surface area contributed by atoms with Gasteiger partial charge in [0.1, 0.15) is 5.82 Å². The molecular weight excluding hydrogens is 361 g/mol. The minimum atomic E-state index is -0.514. The van der Waals surface area contributed by atoms with E-state index in [-0.39, 0.29) is 11.5 Å². The molecule has 3 rings (SSSR count). The molecule has 0 N–H and O–H groups in total. The van der Waals surface area contributed by atoms with E-state index < -0.39 is 5.82 Å². The highest BCUT2D eigenvalue weighted by molar-refractivity contribution is 7.14. The Morgan fingerprint density at radius 3 is 2.44 bits per heavy atom. The lowest BCUT2D eigenvalue weighted by Crippen LogP contribution is -2.34. The van der Waals surface area contributed by atoms with Crippen LogP contribution >= 0.6 is 11.3 Å². The Morgan fingerprint density at radius 1 is 1.04 bits per heavy atom. The van der Waals surface area contributed by atoms with Gasteiger partial charge in [-0.25, -0.2) is 9.37 Å². The van der Waals surface area contributed by atoms with Crippen LogP contribution in [0.3, 0.4) is 0 Å². The van der Waals surface area contributed by atoms with Gasteiger partial charge in [-0.2, -0.15) is 0 Å². The van der Waals surface area contributed by atoms with E-state index in [1.54, 1.807) is 17.0 Å². The number of benzene rings is 2. The molecule has 0 aliphatic heterocycles. The molecule has 0 spiro atoms. The summed E-state index contributed by atoms with van der Waals surface area (Å²) in [5.74, 6) is -0.874. The van der Waals surface area contributed by atoms with E-state index in [0.29, 0.717) is 11.7 Å². The third-order valence-corrected chi connectivity index (χ3v) is 4.99. The van der Waals surface area contributed by atoms with Crippen molar-refractivity contribution in [1.82, 2.24) is 9.88 Å². The van der Waals surface area contributed by atoms with Crippen molar-refractivity contribution in [1.29, 1.82) is 0 Å². The van der Waals surface area contributed by atoms with Crippen molar-refractivity contribution in [2.24, 2.45) is 0 Å². The molecule has 0 aliphatic carbocycles. The van der Waals surface area contributed by atoms with Gasteiger partial charge < -0.3 is 4.90 Å². The average molecular weight is 383 g/mol. The molecule has 6 heteroatoms. The zero-order valence-corrected chi connectivity index (χ0v) is 16.2. The maximum atomic E-state index is 14.2. The molecule has 1 aromatic heterocycles. The zero-order chi connectivity index (χ0) is 19.2. The van der Waals surface area contributed by atoms with Gasteiger partial charge in [0.15, 0.2) is 5.13 Å². The summed E-state index contributed by atoms with van der Waals surface area (Å²) in [5, 5.41) is 2.51. The number of hydrogen-bond donors (Lipinski definition) is 0. The molecule has 1 amide bonds. The third kappa shape index (κ3) is 4.78. The van der Waals surface area contributed by atoms with Crippen LogP contribution in [0, 0.1) is 5.82 Å². The van der Waals surface area contributed by atoms with Crippen LogP contribution in [-0.2, 0) is 0 Å². The molecule has 0 fully saturated rings. The summed E-state index contributed by atoms with van der Waals surface area (Å²) in [6.07, 6.45) is 0.771. The Bertz CT molecular complexity index is 895. The fraction of sp³-hybridized carbons (Fsp3) is 0.238. The normalized spacial score (nSPS) is 11.0. The first kappa shape index (κ1) is 19.2. The van der Waals surface area contributed by atoms with Crippen molar-refractivity contribution < 1.29 is 9.18 Å². The summed E-state index contributed by atoms with van der Waals surface area (Å²) in [6.45, 7) is 1.31. The van der Waals surface area contributed by atoms with Crippen LogP contribution in [-0.4, -0.2) is 43.0 Å². The fourth-order valence-corrected chi connectivity index (χ4v) is 3.60. The van der Waals surface area contributed by atoms with E-state index in [9.17, 15) is 9.18 Å². The van der Waals surface area contributed by atoms with E-state index in [1.807, 2.05) is 49.8 Å². The Labute approximate surface area is 162 Å². The van der Waals surface area contributed by atoms with E-state index in [2.05, 4.69) is 9.88 Å². The number of carbonyl (C=O) groups excluding carboxylic acids is 1. The zero-order valence-electron chi connectivity index (χ0n) is 15.4. The van der Waals surface area contributed by atoms with Crippen LogP contribution in [0.5, 0.6) is 0 Å². The summed E-state index contributed by atoms with van der Waals surface area (Å²) >= 11 is 1.40. The Hall–Kier alpha value is -2.57. The average Bonchev–Trinajstić information content (AvgIpc) is 3.15. The van der Waals surface area contributed by atoms with E-state index >= 15 is 0 Å². The maximum absolute atomic E-state index is 14.2. The van der Waals surface area contributed by atoms with Crippen LogP contribution in [0.1, 0.15) is 16.8 Å². The summed E-state index contributed by atoms with van der Waals surface area (Å²) in [5.41, 5.74) is 1.87. The molecule has 0 atom stereocenters. The maximum Gasteiger partial charge on any atom is 0.263 e. The molecule has 27 heavy (non-hydrogen) atoms. The fourth-order valence-electron chi connectivity index (χ4n) is 2.74. The number of rotatable bonds is 7. The summed E-state index contributed by atoms with van der Waals surface area (Å²) in [6, 6.07) is 15.9. The molecular formula is C21H22FN3OS. The highest BCUT2D eigenvalue weighted by Crippen LogP contribution is 2.28. The molecule has 0 radical (unpaired) electrons. The summed E-state index contributed by atoms with van der Waals surface area (Å²) in [7, 11) is 3.97. The number of hydrogen-bond acceptors (Lipinski definition) is 4. The minimum Gasteiger partial charge on any atom is -0.309 e. The van der Waals surface area contributed by atoms with Gasteiger partial charge in [0.05, 0.1) is 11.3 Å². The molecule has 3 aromatic rings. The first-order chi connectivity index (χ1) is 13.1. The largest absolute Gasteiger partial charge is 0.309 e. The predicted molar refractivity (Wildman–Crippen MR) is 109 cm³/mol. The number of anilines is 1. The highest BCUT2D eigenvalue weighted by Gasteiger charge is 2.23. The van der Waals surface area contributed by atoms with Gasteiger partial charge in [-0.3, -0.25) is 9.69 Å². The number of aromatic nitrogens is 1. The second-order valence-electron chi connectivity index (χ2n) is 6.47. The second-order valence-corrected chi connectivity index (χ2v) is 7.31. The number of halogens is 1. The number of thiazole rings is 1. The van der Waals surface area contributed by atoms with Crippen molar-refractivity contribution in [3.63, 3.8) is 0 Å². The van der Waals surface area contributed by atoms with Gasteiger partial charge in [-0.05, 0) is 39.2 Å². The third-order valence-electron chi connectivity index (χ3n) is 4.13. The van der Waals surface area contributed by atoms with Gasteiger partial charge in [-0.15, -0.1) is 11.3 Å². The first-order valence-corrected chi connectivity index (χ1v) is 9.66.